The van der Waals surface area contributed by atoms with Gasteiger partial charge in [0.1, 0.15) is 0 Å². The fourth-order valence-corrected chi connectivity index (χ4v) is 2.37. The van der Waals surface area contributed by atoms with Crippen LogP contribution in [0.5, 0.6) is 6.01 Å². The van der Waals surface area contributed by atoms with Gasteiger partial charge in [0.05, 0.1) is 13.7 Å². The van der Waals surface area contributed by atoms with Crippen molar-refractivity contribution in [1.29, 1.82) is 0 Å². The number of ether oxygens (including phenoxy) is 1. The quantitative estimate of drug-likeness (QED) is 0.728. The topological polar surface area (TPSA) is 74.8 Å². The van der Waals surface area contributed by atoms with Crippen LogP contribution < -0.4 is 10.4 Å². The molecule has 0 saturated heterocycles. The van der Waals surface area contributed by atoms with E-state index in [4.69, 9.17) is 4.74 Å². The molecule has 0 spiro atoms. The lowest BCUT2D eigenvalue weighted by molar-refractivity contribution is 0.357. The summed E-state index contributed by atoms with van der Waals surface area (Å²) in [6, 6.07) is 8.02. The van der Waals surface area contributed by atoms with E-state index in [0.717, 1.165) is 16.7 Å². The van der Waals surface area contributed by atoms with E-state index in [1.165, 1.54) is 16.4 Å². The number of benzene rings is 1. The van der Waals surface area contributed by atoms with Gasteiger partial charge in [-0.25, -0.2) is 24.0 Å². The van der Waals surface area contributed by atoms with Crippen molar-refractivity contribution in [3.63, 3.8) is 0 Å². The minimum Gasteiger partial charge on any atom is -0.467 e. The summed E-state index contributed by atoms with van der Waals surface area (Å²) in [4.78, 5) is 20.7. The van der Waals surface area contributed by atoms with Crippen LogP contribution in [0.15, 0.2) is 41.5 Å². The Morgan fingerprint density at radius 3 is 2.65 bits per heavy atom. The molecule has 0 unspecified atom stereocenters. The Bertz CT molecular complexity index is 883. The van der Waals surface area contributed by atoms with Gasteiger partial charge in [-0.1, -0.05) is 12.1 Å². The molecular weight excluding hydrogens is 294 g/mol. The lowest BCUT2D eigenvalue weighted by Gasteiger charge is -2.09. The molecule has 0 saturated carbocycles. The molecule has 1 aromatic carbocycles. The molecule has 3 aromatic rings. The molecule has 0 atom stereocenters. The number of aromatic nitrogens is 5. The van der Waals surface area contributed by atoms with Gasteiger partial charge in [-0.3, -0.25) is 0 Å². The molecule has 2 aromatic heterocycles. The Morgan fingerprint density at radius 1 is 1.22 bits per heavy atom. The molecule has 7 heteroatoms. The largest absolute Gasteiger partial charge is 0.467 e. The summed E-state index contributed by atoms with van der Waals surface area (Å²) in [5.41, 5.74) is 2.75. The Kier molecular flexibility index (Phi) is 3.92. The van der Waals surface area contributed by atoms with Gasteiger partial charge >= 0.3 is 11.7 Å². The maximum Gasteiger partial charge on any atom is 0.348 e. The van der Waals surface area contributed by atoms with Crippen molar-refractivity contribution >= 4 is 0 Å². The number of aryl methyl sites for hydroxylation is 2. The van der Waals surface area contributed by atoms with E-state index in [1.807, 2.05) is 25.1 Å². The molecule has 0 fully saturated rings. The molecule has 0 aliphatic carbocycles. The molecular formula is C16H17N5O2. The zero-order chi connectivity index (χ0) is 16.4. The maximum absolute atomic E-state index is 12.2. The zero-order valence-corrected chi connectivity index (χ0v) is 13.2. The van der Waals surface area contributed by atoms with Crippen molar-refractivity contribution in [3.05, 3.63) is 58.3 Å². The average molecular weight is 311 g/mol. The first-order chi connectivity index (χ1) is 11.1. The lowest BCUT2D eigenvalue weighted by Crippen LogP contribution is -2.23. The number of methoxy groups -OCH3 is 1. The van der Waals surface area contributed by atoms with Gasteiger partial charge in [-0.15, -0.1) is 5.10 Å². The molecule has 2 heterocycles. The molecule has 3 rings (SSSR count). The Balaban J connectivity index is 2.03. The molecule has 0 aliphatic rings. The zero-order valence-electron chi connectivity index (χ0n) is 13.2. The Hall–Kier alpha value is -2.96. The molecule has 0 N–H and O–H groups in total. The fraction of sp³-hybridized carbons (Fsp3) is 0.250. The summed E-state index contributed by atoms with van der Waals surface area (Å²) >= 11 is 0. The lowest BCUT2D eigenvalue weighted by atomic mass is 10.0. The molecule has 0 aliphatic heterocycles. The van der Waals surface area contributed by atoms with E-state index in [9.17, 15) is 4.79 Å². The first kappa shape index (κ1) is 15.0. The third-order valence-electron chi connectivity index (χ3n) is 3.66. The molecule has 7 nitrogen and oxygen atoms in total. The SMILES string of the molecule is COc1nn(C)c(=O)n1Cc1cc(-c2ncccn2)ccc1C. The summed E-state index contributed by atoms with van der Waals surface area (Å²) in [5, 5.41) is 4.06. The number of hydrogen-bond donors (Lipinski definition) is 0. The summed E-state index contributed by atoms with van der Waals surface area (Å²) in [5.74, 6) is 0.652. The van der Waals surface area contributed by atoms with Gasteiger partial charge in [0, 0.05) is 25.0 Å². The van der Waals surface area contributed by atoms with Crippen LogP contribution in [0.2, 0.25) is 0 Å². The van der Waals surface area contributed by atoms with Crippen LogP contribution in [0.25, 0.3) is 11.4 Å². The minimum atomic E-state index is -0.220. The maximum atomic E-state index is 12.2. The normalized spacial score (nSPS) is 10.7. The van der Waals surface area contributed by atoms with Gasteiger partial charge in [-0.05, 0) is 30.2 Å². The first-order valence-corrected chi connectivity index (χ1v) is 7.15. The second-order valence-corrected chi connectivity index (χ2v) is 5.19. The Labute approximate surface area is 133 Å². The highest BCUT2D eigenvalue weighted by molar-refractivity contribution is 5.57. The van der Waals surface area contributed by atoms with Gasteiger partial charge in [0.15, 0.2) is 5.82 Å². The highest BCUT2D eigenvalue weighted by atomic mass is 16.5. The van der Waals surface area contributed by atoms with Gasteiger partial charge < -0.3 is 4.74 Å². The molecule has 118 valence electrons. The van der Waals surface area contributed by atoms with E-state index < -0.39 is 0 Å². The number of hydrogen-bond acceptors (Lipinski definition) is 5. The second-order valence-electron chi connectivity index (χ2n) is 5.19. The third-order valence-corrected chi connectivity index (χ3v) is 3.66. The smallest absolute Gasteiger partial charge is 0.348 e. The van der Waals surface area contributed by atoms with Crippen LogP contribution in [-0.2, 0) is 13.6 Å². The monoisotopic (exact) mass is 311 g/mol. The van der Waals surface area contributed by atoms with Gasteiger partial charge in [-0.2, -0.15) is 0 Å². The summed E-state index contributed by atoms with van der Waals surface area (Å²) in [6.45, 7) is 2.38. The summed E-state index contributed by atoms with van der Waals surface area (Å²) in [7, 11) is 3.10. The highest BCUT2D eigenvalue weighted by Crippen LogP contribution is 2.20. The van der Waals surface area contributed by atoms with E-state index in [2.05, 4.69) is 15.1 Å². The van der Waals surface area contributed by atoms with Crippen molar-refractivity contribution in [1.82, 2.24) is 24.3 Å². The van der Waals surface area contributed by atoms with Crippen LogP contribution in [0.4, 0.5) is 0 Å². The van der Waals surface area contributed by atoms with Crippen molar-refractivity contribution in [3.8, 4) is 17.4 Å². The summed E-state index contributed by atoms with van der Waals surface area (Å²) < 4.78 is 7.94. The van der Waals surface area contributed by atoms with Crippen molar-refractivity contribution in [2.75, 3.05) is 7.11 Å². The molecule has 0 radical (unpaired) electrons. The number of rotatable bonds is 4. The molecule has 0 amide bonds. The van der Waals surface area contributed by atoms with Crippen LogP contribution >= 0.6 is 0 Å². The Morgan fingerprint density at radius 2 is 1.96 bits per heavy atom. The molecule has 0 bridgehead atoms. The number of nitrogens with zero attached hydrogens (tertiary/aromatic N) is 5. The first-order valence-electron chi connectivity index (χ1n) is 7.15. The fourth-order valence-electron chi connectivity index (χ4n) is 2.37. The van der Waals surface area contributed by atoms with Gasteiger partial charge in [0.25, 0.3) is 0 Å². The van der Waals surface area contributed by atoms with Crippen LogP contribution in [0.1, 0.15) is 11.1 Å². The highest BCUT2D eigenvalue weighted by Gasteiger charge is 2.13. The predicted octanol–water partition coefficient (Wildman–Crippen LogP) is 1.40. The van der Waals surface area contributed by atoms with E-state index in [0.29, 0.717) is 18.4 Å². The van der Waals surface area contributed by atoms with Crippen LogP contribution in [-0.4, -0.2) is 31.4 Å². The van der Waals surface area contributed by atoms with E-state index in [-0.39, 0.29) is 5.69 Å². The van der Waals surface area contributed by atoms with Crippen molar-refractivity contribution in [2.45, 2.75) is 13.5 Å². The van der Waals surface area contributed by atoms with Crippen LogP contribution in [0, 0.1) is 6.92 Å². The van der Waals surface area contributed by atoms with E-state index in [1.54, 1.807) is 25.5 Å². The predicted molar refractivity (Wildman–Crippen MR) is 85.3 cm³/mol. The van der Waals surface area contributed by atoms with Crippen molar-refractivity contribution < 1.29 is 4.74 Å². The standard InChI is InChI=1S/C16H17N5O2/c1-11-5-6-12(14-17-7-4-8-18-14)9-13(11)10-21-15(23-3)19-20(2)16(21)22/h4-9H,10H2,1-3H3. The van der Waals surface area contributed by atoms with E-state index >= 15 is 0 Å². The van der Waals surface area contributed by atoms with Crippen molar-refractivity contribution in [2.24, 2.45) is 7.05 Å². The average Bonchev–Trinajstić information content (AvgIpc) is 2.85. The third kappa shape index (κ3) is 2.85. The summed E-state index contributed by atoms with van der Waals surface area (Å²) in [6.07, 6.45) is 3.41. The molecule has 23 heavy (non-hydrogen) atoms. The van der Waals surface area contributed by atoms with Gasteiger partial charge in [0.2, 0.25) is 0 Å². The van der Waals surface area contributed by atoms with Crippen LogP contribution in [0.3, 0.4) is 0 Å². The minimum absolute atomic E-state index is 0.220. The second kappa shape index (κ2) is 6.04.